The van der Waals surface area contributed by atoms with E-state index in [-0.39, 0.29) is 6.10 Å². The number of nitrogens with one attached hydrogen (secondary N) is 1. The lowest BCUT2D eigenvalue weighted by atomic mass is 10.2. The van der Waals surface area contributed by atoms with Crippen molar-refractivity contribution in [3.8, 4) is 11.5 Å². The highest BCUT2D eigenvalue weighted by Gasteiger charge is 2.20. The van der Waals surface area contributed by atoms with Gasteiger partial charge in [-0.25, -0.2) is 9.97 Å². The lowest BCUT2D eigenvalue weighted by Crippen LogP contribution is -2.35. The van der Waals surface area contributed by atoms with Gasteiger partial charge in [0.2, 0.25) is 0 Å². The number of aromatic nitrogens is 4. The molecule has 7 heteroatoms. The fraction of sp³-hybridized carbons (Fsp3) is 0.267. The lowest BCUT2D eigenvalue weighted by molar-refractivity contribution is 0.0997. The van der Waals surface area contributed by atoms with E-state index < -0.39 is 0 Å². The van der Waals surface area contributed by atoms with Crippen LogP contribution in [-0.4, -0.2) is 39.0 Å². The summed E-state index contributed by atoms with van der Waals surface area (Å²) in [6.07, 6.45) is 3.21. The molecule has 1 aromatic carbocycles. The summed E-state index contributed by atoms with van der Waals surface area (Å²) < 4.78 is 13.3. The molecule has 0 radical (unpaired) electrons. The van der Waals surface area contributed by atoms with Crippen LogP contribution >= 0.6 is 0 Å². The molecule has 2 aromatic heterocycles. The molecule has 3 heterocycles. The van der Waals surface area contributed by atoms with E-state index in [1.165, 1.54) is 6.33 Å². The standard InChI is InChI=1S/C15H15N5O2/c1-20-15-11(7-19-20)14(17-9-18-15)16-6-10-8-21-12-4-2-3-5-13(12)22-10/h2-5,7,9-10H,6,8H2,1H3,(H,16,17,18)/t10-/m1/s1. The number of aryl methyl sites for hydroxylation is 1. The van der Waals surface area contributed by atoms with E-state index in [1.54, 1.807) is 10.9 Å². The summed E-state index contributed by atoms with van der Waals surface area (Å²) in [6.45, 7) is 1.10. The van der Waals surface area contributed by atoms with Crippen LogP contribution in [0.4, 0.5) is 5.82 Å². The molecule has 1 N–H and O–H groups in total. The van der Waals surface area contributed by atoms with Gasteiger partial charge in [0.15, 0.2) is 17.1 Å². The summed E-state index contributed by atoms with van der Waals surface area (Å²) in [5.74, 6) is 2.31. The van der Waals surface area contributed by atoms with Crippen LogP contribution in [0.15, 0.2) is 36.8 Å². The summed E-state index contributed by atoms with van der Waals surface area (Å²) in [5.41, 5.74) is 0.795. The van der Waals surface area contributed by atoms with Crippen LogP contribution in [0.3, 0.4) is 0 Å². The highest BCUT2D eigenvalue weighted by atomic mass is 16.6. The van der Waals surface area contributed by atoms with Crippen LogP contribution in [0.5, 0.6) is 11.5 Å². The van der Waals surface area contributed by atoms with Crippen LogP contribution in [0, 0.1) is 0 Å². The lowest BCUT2D eigenvalue weighted by Gasteiger charge is -2.26. The molecule has 4 rings (SSSR count). The maximum absolute atomic E-state index is 5.92. The normalized spacial score (nSPS) is 16.7. The molecule has 0 saturated heterocycles. The van der Waals surface area contributed by atoms with Gasteiger partial charge in [-0.1, -0.05) is 12.1 Å². The maximum atomic E-state index is 5.92. The Labute approximate surface area is 126 Å². The van der Waals surface area contributed by atoms with E-state index in [0.717, 1.165) is 28.4 Å². The summed E-state index contributed by atoms with van der Waals surface area (Å²) in [6, 6.07) is 7.68. The molecular weight excluding hydrogens is 282 g/mol. The van der Waals surface area contributed by atoms with E-state index in [4.69, 9.17) is 9.47 Å². The minimum atomic E-state index is -0.0726. The van der Waals surface area contributed by atoms with Crippen LogP contribution in [0.1, 0.15) is 0 Å². The van der Waals surface area contributed by atoms with Crippen LogP contribution in [-0.2, 0) is 7.05 Å². The molecule has 0 aliphatic carbocycles. The van der Waals surface area contributed by atoms with Crippen molar-refractivity contribution in [2.45, 2.75) is 6.10 Å². The van der Waals surface area contributed by atoms with Crippen molar-refractivity contribution in [1.82, 2.24) is 19.7 Å². The molecule has 22 heavy (non-hydrogen) atoms. The van der Waals surface area contributed by atoms with E-state index >= 15 is 0 Å². The Morgan fingerprint density at radius 1 is 1.27 bits per heavy atom. The Bertz CT molecular complexity index is 817. The highest BCUT2D eigenvalue weighted by Crippen LogP contribution is 2.31. The predicted molar refractivity (Wildman–Crippen MR) is 81.1 cm³/mol. The van der Waals surface area contributed by atoms with E-state index in [9.17, 15) is 0 Å². The van der Waals surface area contributed by atoms with E-state index in [2.05, 4.69) is 20.4 Å². The monoisotopic (exact) mass is 297 g/mol. The first-order valence-corrected chi connectivity index (χ1v) is 7.06. The zero-order chi connectivity index (χ0) is 14.9. The number of ether oxygens (including phenoxy) is 2. The van der Waals surface area contributed by atoms with Gasteiger partial charge in [0.05, 0.1) is 18.1 Å². The zero-order valence-corrected chi connectivity index (χ0v) is 12.1. The third kappa shape index (κ3) is 2.20. The second-order valence-electron chi connectivity index (χ2n) is 5.11. The quantitative estimate of drug-likeness (QED) is 0.792. The molecule has 7 nitrogen and oxygen atoms in total. The third-order valence-corrected chi connectivity index (χ3v) is 3.59. The van der Waals surface area contributed by atoms with Gasteiger partial charge in [-0.05, 0) is 12.1 Å². The number of para-hydroxylation sites is 2. The molecule has 1 aliphatic rings. The molecule has 0 amide bonds. The van der Waals surface area contributed by atoms with E-state index in [0.29, 0.717) is 13.2 Å². The second kappa shape index (κ2) is 5.18. The van der Waals surface area contributed by atoms with Crippen molar-refractivity contribution in [3.63, 3.8) is 0 Å². The van der Waals surface area contributed by atoms with Crippen molar-refractivity contribution >= 4 is 16.9 Å². The molecule has 0 saturated carbocycles. The first-order chi connectivity index (χ1) is 10.8. The van der Waals surface area contributed by atoms with Gasteiger partial charge >= 0.3 is 0 Å². The minimum absolute atomic E-state index is 0.0726. The highest BCUT2D eigenvalue weighted by molar-refractivity contribution is 5.85. The van der Waals surface area contributed by atoms with Crippen molar-refractivity contribution in [2.75, 3.05) is 18.5 Å². The molecule has 112 valence electrons. The fourth-order valence-corrected chi connectivity index (χ4v) is 2.48. The van der Waals surface area contributed by atoms with Gasteiger partial charge in [0.25, 0.3) is 0 Å². The van der Waals surface area contributed by atoms with Crippen molar-refractivity contribution < 1.29 is 9.47 Å². The van der Waals surface area contributed by atoms with Crippen LogP contribution < -0.4 is 14.8 Å². The van der Waals surface area contributed by atoms with Crippen LogP contribution in [0.25, 0.3) is 11.0 Å². The predicted octanol–water partition coefficient (Wildman–Crippen LogP) is 1.62. The fourth-order valence-electron chi connectivity index (χ4n) is 2.48. The Kier molecular flexibility index (Phi) is 3.03. The molecule has 1 aliphatic heterocycles. The van der Waals surface area contributed by atoms with Crippen molar-refractivity contribution in [3.05, 3.63) is 36.8 Å². The summed E-state index contributed by atoms with van der Waals surface area (Å²) in [4.78, 5) is 8.50. The number of fused-ring (bicyclic) bond motifs is 2. The maximum Gasteiger partial charge on any atom is 0.163 e. The summed E-state index contributed by atoms with van der Waals surface area (Å²) in [7, 11) is 1.86. The molecule has 0 unspecified atom stereocenters. The molecule has 1 atom stereocenters. The van der Waals surface area contributed by atoms with E-state index in [1.807, 2.05) is 31.3 Å². The topological polar surface area (TPSA) is 74.1 Å². The number of anilines is 1. The van der Waals surface area contributed by atoms with Gasteiger partial charge in [-0.3, -0.25) is 4.68 Å². The molecule has 3 aromatic rings. The summed E-state index contributed by atoms with van der Waals surface area (Å²) >= 11 is 0. The Balaban J connectivity index is 1.49. The van der Waals surface area contributed by atoms with Gasteiger partial charge in [0.1, 0.15) is 24.9 Å². The molecule has 0 bridgehead atoms. The average Bonchev–Trinajstić information content (AvgIpc) is 2.95. The number of hydrogen-bond acceptors (Lipinski definition) is 6. The largest absolute Gasteiger partial charge is 0.486 e. The van der Waals surface area contributed by atoms with Crippen molar-refractivity contribution in [1.29, 1.82) is 0 Å². The Morgan fingerprint density at radius 3 is 3.05 bits per heavy atom. The first kappa shape index (κ1) is 12.9. The Hall–Kier alpha value is -2.83. The van der Waals surface area contributed by atoms with Crippen molar-refractivity contribution in [2.24, 2.45) is 7.05 Å². The zero-order valence-electron chi connectivity index (χ0n) is 12.1. The number of benzene rings is 1. The first-order valence-electron chi connectivity index (χ1n) is 7.06. The number of nitrogens with zero attached hydrogens (tertiary/aromatic N) is 4. The smallest absolute Gasteiger partial charge is 0.163 e. The van der Waals surface area contributed by atoms with Gasteiger partial charge in [-0.15, -0.1) is 0 Å². The van der Waals surface area contributed by atoms with Crippen LogP contribution in [0.2, 0.25) is 0 Å². The number of rotatable bonds is 3. The summed E-state index contributed by atoms with van der Waals surface area (Å²) in [5, 5.41) is 8.38. The third-order valence-electron chi connectivity index (χ3n) is 3.59. The second-order valence-corrected chi connectivity index (χ2v) is 5.11. The average molecular weight is 297 g/mol. The van der Waals surface area contributed by atoms with Gasteiger partial charge in [-0.2, -0.15) is 5.10 Å². The van der Waals surface area contributed by atoms with Gasteiger partial charge < -0.3 is 14.8 Å². The molecule has 0 fully saturated rings. The molecule has 0 spiro atoms. The Morgan fingerprint density at radius 2 is 2.14 bits per heavy atom. The van der Waals surface area contributed by atoms with Gasteiger partial charge in [0, 0.05) is 7.05 Å². The molecular formula is C15H15N5O2. The number of hydrogen-bond donors (Lipinski definition) is 1. The SMILES string of the molecule is Cn1ncc2c(NC[C@@H]3COc4ccccc4O3)ncnc21. The minimum Gasteiger partial charge on any atom is -0.486 e.